The van der Waals surface area contributed by atoms with Crippen molar-refractivity contribution in [1.82, 2.24) is 5.32 Å². The van der Waals surface area contributed by atoms with Crippen molar-refractivity contribution in [2.24, 2.45) is 0 Å². The lowest BCUT2D eigenvalue weighted by molar-refractivity contribution is -0.116. The van der Waals surface area contributed by atoms with Crippen molar-refractivity contribution in [2.75, 3.05) is 11.9 Å². The molecular formula is C20H25FN2O. The third kappa shape index (κ3) is 5.17. The van der Waals surface area contributed by atoms with E-state index in [1.54, 1.807) is 12.1 Å². The van der Waals surface area contributed by atoms with Crippen LogP contribution in [0.3, 0.4) is 0 Å². The van der Waals surface area contributed by atoms with Gasteiger partial charge in [0.1, 0.15) is 5.82 Å². The van der Waals surface area contributed by atoms with Crippen LogP contribution in [0.2, 0.25) is 0 Å². The van der Waals surface area contributed by atoms with E-state index >= 15 is 0 Å². The summed E-state index contributed by atoms with van der Waals surface area (Å²) >= 11 is 0. The third-order valence-corrected chi connectivity index (χ3v) is 4.03. The van der Waals surface area contributed by atoms with E-state index in [0.29, 0.717) is 19.5 Å². The summed E-state index contributed by atoms with van der Waals surface area (Å²) in [5.74, 6) is -0.225. The van der Waals surface area contributed by atoms with Crippen molar-refractivity contribution in [3.63, 3.8) is 0 Å². The molecule has 3 nitrogen and oxygen atoms in total. The Balaban J connectivity index is 1.82. The summed E-state index contributed by atoms with van der Waals surface area (Å²) in [7, 11) is 0. The van der Waals surface area contributed by atoms with E-state index in [1.807, 2.05) is 6.07 Å². The van der Waals surface area contributed by atoms with Crippen molar-refractivity contribution < 1.29 is 9.18 Å². The minimum Gasteiger partial charge on any atom is -0.326 e. The summed E-state index contributed by atoms with van der Waals surface area (Å²) in [6.07, 6.45) is 2.20. The summed E-state index contributed by atoms with van der Waals surface area (Å²) in [5.41, 5.74) is 4.30. The van der Waals surface area contributed by atoms with Crippen LogP contribution in [-0.2, 0) is 24.2 Å². The second-order valence-electron chi connectivity index (χ2n) is 5.76. The van der Waals surface area contributed by atoms with E-state index in [4.69, 9.17) is 0 Å². The predicted octanol–water partition coefficient (Wildman–Crippen LogP) is 4.07. The summed E-state index contributed by atoms with van der Waals surface area (Å²) < 4.78 is 12.8. The Morgan fingerprint density at radius 3 is 2.21 bits per heavy atom. The molecule has 0 radical (unpaired) electrons. The smallest absolute Gasteiger partial charge is 0.225 e. The maximum absolute atomic E-state index is 12.8. The number of hydrogen-bond acceptors (Lipinski definition) is 2. The average molecular weight is 328 g/mol. The van der Waals surface area contributed by atoms with Crippen LogP contribution in [-0.4, -0.2) is 12.5 Å². The number of amides is 1. The average Bonchev–Trinajstić information content (AvgIpc) is 2.60. The number of carbonyl (C=O) groups excluding carboxylic acids is 1. The van der Waals surface area contributed by atoms with Gasteiger partial charge in [0.05, 0.1) is 0 Å². The van der Waals surface area contributed by atoms with Gasteiger partial charge in [0.2, 0.25) is 5.91 Å². The van der Waals surface area contributed by atoms with Crippen LogP contribution in [0.15, 0.2) is 42.5 Å². The van der Waals surface area contributed by atoms with Gasteiger partial charge in [-0.2, -0.15) is 0 Å². The molecule has 0 saturated carbocycles. The van der Waals surface area contributed by atoms with Crippen molar-refractivity contribution in [2.45, 2.75) is 39.7 Å². The molecule has 4 heteroatoms. The molecule has 0 fully saturated rings. The highest BCUT2D eigenvalue weighted by molar-refractivity contribution is 5.92. The lowest BCUT2D eigenvalue weighted by Crippen LogP contribution is -2.22. The van der Waals surface area contributed by atoms with E-state index in [9.17, 15) is 9.18 Å². The van der Waals surface area contributed by atoms with Gasteiger partial charge in [0.25, 0.3) is 0 Å². The number of benzene rings is 2. The molecule has 2 aromatic rings. The lowest BCUT2D eigenvalue weighted by Gasteiger charge is -2.14. The van der Waals surface area contributed by atoms with Gasteiger partial charge in [-0.3, -0.25) is 4.79 Å². The van der Waals surface area contributed by atoms with Crippen molar-refractivity contribution in [3.05, 3.63) is 65.0 Å². The highest BCUT2D eigenvalue weighted by Gasteiger charge is 2.09. The Morgan fingerprint density at radius 2 is 1.62 bits per heavy atom. The van der Waals surface area contributed by atoms with E-state index in [2.05, 4.69) is 36.6 Å². The fraction of sp³-hybridized carbons (Fsp3) is 0.350. The molecular weight excluding hydrogens is 303 g/mol. The van der Waals surface area contributed by atoms with Crippen molar-refractivity contribution in [1.29, 1.82) is 0 Å². The van der Waals surface area contributed by atoms with E-state index in [-0.39, 0.29) is 11.7 Å². The second kappa shape index (κ2) is 9.18. The maximum Gasteiger partial charge on any atom is 0.225 e. The van der Waals surface area contributed by atoms with Gasteiger partial charge >= 0.3 is 0 Å². The number of hydrogen-bond donors (Lipinski definition) is 2. The summed E-state index contributed by atoms with van der Waals surface area (Å²) in [4.78, 5) is 12.2. The fourth-order valence-electron chi connectivity index (χ4n) is 2.64. The van der Waals surface area contributed by atoms with Crippen molar-refractivity contribution in [3.8, 4) is 0 Å². The topological polar surface area (TPSA) is 41.1 Å². The van der Waals surface area contributed by atoms with Gasteiger partial charge in [-0.25, -0.2) is 4.39 Å². The largest absolute Gasteiger partial charge is 0.326 e. The predicted molar refractivity (Wildman–Crippen MR) is 96.6 cm³/mol. The maximum atomic E-state index is 12.8. The highest BCUT2D eigenvalue weighted by Crippen LogP contribution is 2.22. The zero-order valence-corrected chi connectivity index (χ0v) is 14.4. The Bertz CT molecular complexity index is 646. The van der Waals surface area contributed by atoms with Crippen LogP contribution in [0, 0.1) is 5.82 Å². The van der Waals surface area contributed by atoms with Gasteiger partial charge in [-0.15, -0.1) is 0 Å². The molecule has 0 unspecified atom stereocenters. The van der Waals surface area contributed by atoms with Crippen LogP contribution in [0.1, 0.15) is 37.0 Å². The molecule has 24 heavy (non-hydrogen) atoms. The number of carbonyl (C=O) groups is 1. The number of aryl methyl sites for hydroxylation is 2. The van der Waals surface area contributed by atoms with Gasteiger partial charge in [0.15, 0.2) is 0 Å². The summed E-state index contributed by atoms with van der Waals surface area (Å²) in [5, 5.41) is 6.27. The molecule has 2 N–H and O–H groups in total. The van der Waals surface area contributed by atoms with Gasteiger partial charge in [-0.1, -0.05) is 44.2 Å². The zero-order valence-electron chi connectivity index (χ0n) is 14.4. The summed E-state index contributed by atoms with van der Waals surface area (Å²) in [6, 6.07) is 12.5. The molecule has 0 bridgehead atoms. The van der Waals surface area contributed by atoms with Gasteiger partial charge < -0.3 is 10.6 Å². The Kier molecular flexibility index (Phi) is 6.94. The molecule has 0 aliphatic carbocycles. The van der Waals surface area contributed by atoms with Crippen LogP contribution < -0.4 is 10.6 Å². The number of nitrogens with one attached hydrogen (secondary N) is 2. The Morgan fingerprint density at radius 1 is 1.00 bits per heavy atom. The highest BCUT2D eigenvalue weighted by atomic mass is 19.1. The first-order valence-corrected chi connectivity index (χ1v) is 8.49. The standard InChI is InChI=1S/C20H25FN2O/c1-3-16-6-5-7-17(4-2)20(16)23-19(24)12-13-22-14-15-8-10-18(21)11-9-15/h5-11,22H,3-4,12-14H2,1-2H3,(H,23,24). The van der Waals surface area contributed by atoms with Gasteiger partial charge in [0, 0.05) is 25.2 Å². The SMILES string of the molecule is CCc1cccc(CC)c1NC(=O)CCNCc1ccc(F)cc1. The quantitative estimate of drug-likeness (QED) is 0.717. The van der Waals surface area contributed by atoms with Crippen LogP contribution >= 0.6 is 0 Å². The number of para-hydroxylation sites is 1. The van der Waals surface area contributed by atoms with E-state index in [1.165, 1.54) is 23.3 Å². The molecule has 0 aromatic heterocycles. The van der Waals surface area contributed by atoms with Crippen molar-refractivity contribution >= 4 is 11.6 Å². The fourth-order valence-corrected chi connectivity index (χ4v) is 2.64. The first-order chi connectivity index (χ1) is 11.6. The molecule has 128 valence electrons. The molecule has 0 atom stereocenters. The number of halogens is 1. The molecule has 0 aliphatic heterocycles. The van der Waals surface area contributed by atoms with E-state index < -0.39 is 0 Å². The van der Waals surface area contributed by atoms with Crippen LogP contribution in [0.25, 0.3) is 0 Å². The van der Waals surface area contributed by atoms with Crippen LogP contribution in [0.5, 0.6) is 0 Å². The minimum atomic E-state index is -0.237. The number of anilines is 1. The third-order valence-electron chi connectivity index (χ3n) is 4.03. The molecule has 0 aliphatic rings. The van der Waals surface area contributed by atoms with Gasteiger partial charge in [-0.05, 0) is 41.7 Å². The first-order valence-electron chi connectivity index (χ1n) is 8.49. The lowest BCUT2D eigenvalue weighted by atomic mass is 10.0. The summed E-state index contributed by atoms with van der Waals surface area (Å²) in [6.45, 7) is 5.39. The molecule has 2 aromatic carbocycles. The Hall–Kier alpha value is -2.20. The molecule has 0 saturated heterocycles. The Labute approximate surface area is 143 Å². The minimum absolute atomic E-state index is 0.0113. The van der Waals surface area contributed by atoms with E-state index in [0.717, 1.165) is 24.1 Å². The molecule has 2 rings (SSSR count). The first kappa shape index (κ1) is 18.1. The molecule has 0 heterocycles. The normalized spacial score (nSPS) is 10.6. The molecule has 1 amide bonds. The zero-order chi connectivity index (χ0) is 17.4. The molecule has 0 spiro atoms. The number of rotatable bonds is 8. The van der Waals surface area contributed by atoms with Crippen LogP contribution in [0.4, 0.5) is 10.1 Å². The second-order valence-corrected chi connectivity index (χ2v) is 5.76. The monoisotopic (exact) mass is 328 g/mol.